The van der Waals surface area contributed by atoms with Crippen molar-refractivity contribution in [3.63, 3.8) is 0 Å². The van der Waals surface area contributed by atoms with E-state index in [2.05, 4.69) is 22.2 Å². The zero-order valence-electron chi connectivity index (χ0n) is 10.6. The fourth-order valence-electron chi connectivity index (χ4n) is 2.09. The van der Waals surface area contributed by atoms with Crippen molar-refractivity contribution in [2.45, 2.75) is 25.8 Å². The molecule has 1 saturated heterocycles. The minimum Gasteiger partial charge on any atom is -0.478 e. The van der Waals surface area contributed by atoms with Gasteiger partial charge in [0.1, 0.15) is 0 Å². The number of rotatable bonds is 4. The van der Waals surface area contributed by atoms with Gasteiger partial charge < -0.3 is 15.0 Å². The van der Waals surface area contributed by atoms with E-state index >= 15 is 0 Å². The van der Waals surface area contributed by atoms with Crippen molar-refractivity contribution >= 4 is 5.69 Å². The summed E-state index contributed by atoms with van der Waals surface area (Å²) < 4.78 is 5.32. The van der Waals surface area contributed by atoms with Crippen LogP contribution in [0.3, 0.4) is 0 Å². The maximum absolute atomic E-state index is 5.32. The van der Waals surface area contributed by atoms with Gasteiger partial charge in [0.25, 0.3) is 0 Å². The lowest BCUT2D eigenvalue weighted by Gasteiger charge is -2.30. The molecule has 0 amide bonds. The number of nitrogens with zero attached hydrogens (tertiary/aromatic N) is 2. The molecule has 2 rings (SSSR count). The monoisotopic (exact) mass is 235 g/mol. The normalized spacial score (nSPS) is 18.0. The van der Waals surface area contributed by atoms with Crippen molar-refractivity contribution in [1.29, 1.82) is 0 Å². The number of likely N-dealkylation sites (tertiary alicyclic amines) is 1. The van der Waals surface area contributed by atoms with Gasteiger partial charge in [-0.1, -0.05) is 0 Å². The predicted octanol–water partition coefficient (Wildman–Crippen LogP) is 1.99. The van der Waals surface area contributed by atoms with Gasteiger partial charge in [0, 0.05) is 12.1 Å². The van der Waals surface area contributed by atoms with Crippen LogP contribution in [0, 0.1) is 0 Å². The first kappa shape index (κ1) is 12.2. The molecule has 17 heavy (non-hydrogen) atoms. The van der Waals surface area contributed by atoms with Crippen molar-refractivity contribution in [1.82, 2.24) is 9.88 Å². The standard InChI is InChI=1S/C13H21N3O/c1-3-17-13-5-4-12(10-14-13)15-11-6-8-16(2)9-7-11/h4-5,10-11,15H,3,6-9H2,1-2H3. The Labute approximate surface area is 103 Å². The van der Waals surface area contributed by atoms with E-state index in [0.717, 1.165) is 5.69 Å². The van der Waals surface area contributed by atoms with Crippen LogP contribution in [0.1, 0.15) is 19.8 Å². The van der Waals surface area contributed by atoms with Crippen LogP contribution in [-0.2, 0) is 0 Å². The van der Waals surface area contributed by atoms with E-state index in [9.17, 15) is 0 Å². The van der Waals surface area contributed by atoms with E-state index in [0.29, 0.717) is 18.5 Å². The third kappa shape index (κ3) is 3.60. The molecule has 1 aliphatic rings. The van der Waals surface area contributed by atoms with E-state index in [4.69, 9.17) is 4.74 Å². The molecule has 4 nitrogen and oxygen atoms in total. The van der Waals surface area contributed by atoms with Crippen LogP contribution < -0.4 is 10.1 Å². The van der Waals surface area contributed by atoms with E-state index < -0.39 is 0 Å². The van der Waals surface area contributed by atoms with Gasteiger partial charge in [-0.25, -0.2) is 4.98 Å². The first-order valence-electron chi connectivity index (χ1n) is 6.32. The number of hydrogen-bond donors (Lipinski definition) is 1. The summed E-state index contributed by atoms with van der Waals surface area (Å²) >= 11 is 0. The Bertz CT molecular complexity index is 331. The number of pyridine rings is 1. The molecule has 0 bridgehead atoms. The summed E-state index contributed by atoms with van der Waals surface area (Å²) in [5.41, 5.74) is 1.09. The summed E-state index contributed by atoms with van der Waals surface area (Å²) in [6.07, 6.45) is 4.25. The Balaban J connectivity index is 1.86. The summed E-state index contributed by atoms with van der Waals surface area (Å²) in [5.74, 6) is 0.696. The van der Waals surface area contributed by atoms with Gasteiger partial charge in [-0.15, -0.1) is 0 Å². The molecule has 0 aromatic carbocycles. The van der Waals surface area contributed by atoms with Crippen LogP contribution in [0.2, 0.25) is 0 Å². The van der Waals surface area contributed by atoms with Gasteiger partial charge in [0.05, 0.1) is 18.5 Å². The Morgan fingerprint density at radius 2 is 2.18 bits per heavy atom. The summed E-state index contributed by atoms with van der Waals surface area (Å²) in [6, 6.07) is 4.53. The minimum atomic E-state index is 0.575. The molecule has 2 heterocycles. The van der Waals surface area contributed by atoms with Crippen LogP contribution in [-0.4, -0.2) is 42.7 Å². The zero-order chi connectivity index (χ0) is 12.1. The largest absolute Gasteiger partial charge is 0.478 e. The first-order chi connectivity index (χ1) is 8.28. The van der Waals surface area contributed by atoms with Crippen LogP contribution >= 0.6 is 0 Å². The second-order valence-electron chi connectivity index (χ2n) is 4.54. The summed E-state index contributed by atoms with van der Waals surface area (Å²) in [5, 5.41) is 3.53. The molecule has 0 aliphatic carbocycles. The van der Waals surface area contributed by atoms with Gasteiger partial charge in [0.15, 0.2) is 0 Å². The summed E-state index contributed by atoms with van der Waals surface area (Å²) in [4.78, 5) is 6.62. The molecule has 0 saturated carbocycles. The molecule has 1 aromatic heterocycles. The molecular weight excluding hydrogens is 214 g/mol. The molecule has 1 fully saturated rings. The number of hydrogen-bond acceptors (Lipinski definition) is 4. The van der Waals surface area contributed by atoms with Gasteiger partial charge in [-0.2, -0.15) is 0 Å². The van der Waals surface area contributed by atoms with Crippen LogP contribution in [0.15, 0.2) is 18.3 Å². The zero-order valence-corrected chi connectivity index (χ0v) is 10.6. The fraction of sp³-hybridized carbons (Fsp3) is 0.615. The number of ether oxygens (including phenoxy) is 1. The van der Waals surface area contributed by atoms with Crippen molar-refractivity contribution < 1.29 is 4.74 Å². The highest BCUT2D eigenvalue weighted by Gasteiger charge is 2.16. The van der Waals surface area contributed by atoms with Crippen LogP contribution in [0.4, 0.5) is 5.69 Å². The third-order valence-electron chi connectivity index (χ3n) is 3.12. The molecule has 1 aromatic rings. The van der Waals surface area contributed by atoms with E-state index in [1.165, 1.54) is 25.9 Å². The maximum Gasteiger partial charge on any atom is 0.213 e. The number of aromatic nitrogens is 1. The average molecular weight is 235 g/mol. The molecule has 1 aliphatic heterocycles. The number of anilines is 1. The van der Waals surface area contributed by atoms with E-state index in [1.807, 2.05) is 25.3 Å². The molecule has 4 heteroatoms. The lowest BCUT2D eigenvalue weighted by atomic mass is 10.1. The van der Waals surface area contributed by atoms with Gasteiger partial charge in [-0.05, 0) is 46.0 Å². The van der Waals surface area contributed by atoms with Crippen molar-refractivity contribution in [2.24, 2.45) is 0 Å². The lowest BCUT2D eigenvalue weighted by Crippen LogP contribution is -2.36. The lowest BCUT2D eigenvalue weighted by molar-refractivity contribution is 0.264. The molecular formula is C13H21N3O. The highest BCUT2D eigenvalue weighted by Crippen LogP contribution is 2.17. The van der Waals surface area contributed by atoms with E-state index in [1.54, 1.807) is 0 Å². The third-order valence-corrected chi connectivity index (χ3v) is 3.12. The Hall–Kier alpha value is -1.29. The minimum absolute atomic E-state index is 0.575. The highest BCUT2D eigenvalue weighted by atomic mass is 16.5. The van der Waals surface area contributed by atoms with Gasteiger partial charge in [-0.3, -0.25) is 0 Å². The van der Waals surface area contributed by atoms with Crippen molar-refractivity contribution in [3.8, 4) is 5.88 Å². The molecule has 1 N–H and O–H groups in total. The topological polar surface area (TPSA) is 37.4 Å². The molecule has 0 radical (unpaired) electrons. The summed E-state index contributed by atoms with van der Waals surface area (Å²) in [7, 11) is 2.18. The second-order valence-corrected chi connectivity index (χ2v) is 4.54. The Kier molecular flexibility index (Phi) is 4.20. The molecule has 0 atom stereocenters. The second kappa shape index (κ2) is 5.87. The molecule has 0 spiro atoms. The number of piperidine rings is 1. The predicted molar refractivity (Wildman–Crippen MR) is 69.5 cm³/mol. The Morgan fingerprint density at radius 1 is 1.41 bits per heavy atom. The Morgan fingerprint density at radius 3 is 2.76 bits per heavy atom. The highest BCUT2D eigenvalue weighted by molar-refractivity contribution is 5.43. The maximum atomic E-state index is 5.32. The number of nitrogens with one attached hydrogen (secondary N) is 1. The van der Waals surface area contributed by atoms with Crippen molar-refractivity contribution in [3.05, 3.63) is 18.3 Å². The van der Waals surface area contributed by atoms with Crippen LogP contribution in [0.25, 0.3) is 0 Å². The van der Waals surface area contributed by atoms with Crippen molar-refractivity contribution in [2.75, 3.05) is 32.1 Å². The summed E-state index contributed by atoms with van der Waals surface area (Å²) in [6.45, 7) is 4.96. The van der Waals surface area contributed by atoms with Gasteiger partial charge >= 0.3 is 0 Å². The van der Waals surface area contributed by atoms with Crippen LogP contribution in [0.5, 0.6) is 5.88 Å². The molecule has 0 unspecified atom stereocenters. The SMILES string of the molecule is CCOc1ccc(NC2CCN(C)CC2)cn1. The quantitative estimate of drug-likeness (QED) is 0.866. The van der Waals surface area contributed by atoms with E-state index in [-0.39, 0.29) is 0 Å². The molecule has 94 valence electrons. The smallest absolute Gasteiger partial charge is 0.213 e. The van der Waals surface area contributed by atoms with Gasteiger partial charge in [0.2, 0.25) is 5.88 Å². The average Bonchev–Trinajstić information content (AvgIpc) is 2.35. The fourth-order valence-corrected chi connectivity index (χ4v) is 2.09. The first-order valence-corrected chi connectivity index (χ1v) is 6.32.